The lowest BCUT2D eigenvalue weighted by Gasteiger charge is -2.29. The average Bonchev–Trinajstić information content (AvgIpc) is 2.68. The zero-order valence-corrected chi connectivity index (χ0v) is 17.3. The van der Waals surface area contributed by atoms with E-state index in [2.05, 4.69) is 22.8 Å². The summed E-state index contributed by atoms with van der Waals surface area (Å²) in [6.07, 6.45) is 3.15. The van der Waals surface area contributed by atoms with Crippen LogP contribution in [0.25, 0.3) is 0 Å². The Labute approximate surface area is 167 Å². The highest BCUT2D eigenvalue weighted by molar-refractivity contribution is 7.89. The number of benzene rings is 2. The van der Waals surface area contributed by atoms with Crippen molar-refractivity contribution in [2.24, 2.45) is 0 Å². The molecule has 2 aromatic rings. The number of nitrogens with zero attached hydrogens (tertiary/aromatic N) is 1. The second-order valence-corrected chi connectivity index (χ2v) is 9.49. The number of carbonyl (C=O) groups excluding carboxylic acids is 1. The zero-order valence-electron chi connectivity index (χ0n) is 16.5. The second kappa shape index (κ2) is 8.43. The second-order valence-electron chi connectivity index (χ2n) is 7.34. The molecule has 2 N–H and O–H groups in total. The van der Waals surface area contributed by atoms with Crippen LogP contribution in [-0.2, 0) is 21.2 Å². The van der Waals surface area contributed by atoms with Crippen molar-refractivity contribution in [2.75, 3.05) is 19.4 Å². The first-order valence-corrected chi connectivity index (χ1v) is 10.9. The van der Waals surface area contributed by atoms with Gasteiger partial charge in [0.2, 0.25) is 15.9 Å². The summed E-state index contributed by atoms with van der Waals surface area (Å²) >= 11 is 0. The molecule has 0 saturated carbocycles. The first-order chi connectivity index (χ1) is 13.3. The molecule has 0 spiro atoms. The number of amides is 1. The molecule has 2 aromatic carbocycles. The molecule has 150 valence electrons. The highest BCUT2D eigenvalue weighted by Gasteiger charge is 2.24. The summed E-state index contributed by atoms with van der Waals surface area (Å²) in [6.45, 7) is 1.83. The maximum Gasteiger partial charge on any atom is 0.242 e. The molecule has 1 amide bonds. The van der Waals surface area contributed by atoms with Crippen molar-refractivity contribution < 1.29 is 13.2 Å². The number of nitrogens with one attached hydrogen (secondary N) is 2. The van der Waals surface area contributed by atoms with E-state index in [1.54, 1.807) is 12.1 Å². The number of rotatable bonds is 6. The molecule has 0 bridgehead atoms. The lowest BCUT2D eigenvalue weighted by molar-refractivity contribution is -0.118. The molecule has 28 heavy (non-hydrogen) atoms. The fraction of sp³-hybridized carbons (Fsp3) is 0.381. The Morgan fingerprint density at radius 3 is 2.64 bits per heavy atom. The van der Waals surface area contributed by atoms with Gasteiger partial charge in [0, 0.05) is 25.8 Å². The van der Waals surface area contributed by atoms with Gasteiger partial charge in [-0.25, -0.2) is 12.7 Å². The van der Waals surface area contributed by atoms with Gasteiger partial charge in [0.1, 0.15) is 0 Å². The summed E-state index contributed by atoms with van der Waals surface area (Å²) in [5.74, 6) is -0.192. The van der Waals surface area contributed by atoms with E-state index >= 15 is 0 Å². The molecule has 7 heteroatoms. The largest absolute Gasteiger partial charge is 0.325 e. The normalized spacial score (nSPS) is 17.8. The first kappa shape index (κ1) is 20.5. The van der Waals surface area contributed by atoms with Crippen LogP contribution in [-0.4, -0.2) is 38.8 Å². The number of fused-ring (bicyclic) bond motifs is 1. The van der Waals surface area contributed by atoms with Gasteiger partial charge in [-0.1, -0.05) is 30.3 Å². The summed E-state index contributed by atoms with van der Waals surface area (Å²) in [5.41, 5.74) is 3.05. The third-order valence-electron chi connectivity index (χ3n) is 5.09. The van der Waals surface area contributed by atoms with E-state index in [1.807, 2.05) is 19.1 Å². The molecule has 6 nitrogen and oxygen atoms in total. The quantitative estimate of drug-likeness (QED) is 0.780. The minimum atomic E-state index is -3.55. The van der Waals surface area contributed by atoms with E-state index in [9.17, 15) is 13.2 Å². The van der Waals surface area contributed by atoms with E-state index in [1.165, 1.54) is 37.4 Å². The highest BCUT2D eigenvalue weighted by atomic mass is 32.2. The predicted octanol–water partition coefficient (Wildman–Crippen LogP) is 2.93. The van der Waals surface area contributed by atoms with E-state index in [0.29, 0.717) is 5.69 Å². The van der Waals surface area contributed by atoms with E-state index in [-0.39, 0.29) is 16.8 Å². The van der Waals surface area contributed by atoms with Gasteiger partial charge >= 0.3 is 0 Å². The van der Waals surface area contributed by atoms with Gasteiger partial charge < -0.3 is 5.32 Å². The summed E-state index contributed by atoms with van der Waals surface area (Å²) in [6, 6.07) is 14.4. The first-order valence-electron chi connectivity index (χ1n) is 9.46. The number of hydrogen-bond donors (Lipinski definition) is 2. The summed E-state index contributed by atoms with van der Waals surface area (Å²) in [7, 11) is -0.584. The number of hydrogen-bond acceptors (Lipinski definition) is 4. The number of sulfonamides is 1. The topological polar surface area (TPSA) is 78.5 Å². The smallest absolute Gasteiger partial charge is 0.242 e. The van der Waals surface area contributed by atoms with Crippen LogP contribution >= 0.6 is 0 Å². The molecular weight excluding hydrogens is 374 g/mol. The van der Waals surface area contributed by atoms with Gasteiger partial charge in [-0.3, -0.25) is 10.1 Å². The van der Waals surface area contributed by atoms with Crippen molar-refractivity contribution in [2.45, 2.75) is 43.2 Å². The summed E-state index contributed by atoms with van der Waals surface area (Å²) < 4.78 is 25.7. The fourth-order valence-corrected chi connectivity index (χ4v) is 4.45. The van der Waals surface area contributed by atoms with Crippen LogP contribution in [0.2, 0.25) is 0 Å². The fourth-order valence-electron chi connectivity index (χ4n) is 3.50. The number of carbonyl (C=O) groups is 1. The number of aryl methyl sites for hydroxylation is 1. The Morgan fingerprint density at radius 2 is 1.89 bits per heavy atom. The molecular formula is C21H27N3O3S. The molecule has 0 saturated heterocycles. The highest BCUT2D eigenvalue weighted by Crippen LogP contribution is 2.29. The third-order valence-corrected chi connectivity index (χ3v) is 6.91. The molecule has 3 rings (SSSR count). The monoisotopic (exact) mass is 401 g/mol. The van der Waals surface area contributed by atoms with Crippen molar-refractivity contribution in [1.29, 1.82) is 0 Å². The van der Waals surface area contributed by atoms with Crippen LogP contribution in [0.4, 0.5) is 5.69 Å². The van der Waals surface area contributed by atoms with Crippen molar-refractivity contribution in [1.82, 2.24) is 9.62 Å². The van der Waals surface area contributed by atoms with E-state index in [0.717, 1.165) is 23.6 Å². The zero-order chi connectivity index (χ0) is 20.3. The van der Waals surface area contributed by atoms with Crippen LogP contribution in [0.15, 0.2) is 53.4 Å². The molecule has 0 aromatic heterocycles. The Morgan fingerprint density at radius 1 is 1.14 bits per heavy atom. The van der Waals surface area contributed by atoms with Crippen LogP contribution in [0.5, 0.6) is 0 Å². The standard InChI is InChI=1S/C21H27N3O3S/c1-15(22-20-13-6-9-16-8-4-5-12-19(16)20)21(25)23-17-10-7-11-18(14-17)28(26,27)24(2)3/h4-5,7-8,10-12,14-15,20,22H,6,9,13H2,1-3H3,(H,23,25)/t15-,20-/m0/s1. The molecule has 0 aliphatic heterocycles. The van der Waals surface area contributed by atoms with Crippen LogP contribution in [0.3, 0.4) is 0 Å². The molecule has 0 unspecified atom stereocenters. The Kier molecular flexibility index (Phi) is 6.17. The van der Waals surface area contributed by atoms with Crippen molar-refractivity contribution in [3.8, 4) is 0 Å². The van der Waals surface area contributed by atoms with Gasteiger partial charge in [-0.05, 0) is 55.5 Å². The van der Waals surface area contributed by atoms with Gasteiger partial charge in [0.15, 0.2) is 0 Å². The summed E-state index contributed by atoms with van der Waals surface area (Å²) in [4.78, 5) is 12.8. The van der Waals surface area contributed by atoms with Gasteiger partial charge in [-0.2, -0.15) is 0 Å². The molecule has 1 aliphatic rings. The van der Waals surface area contributed by atoms with Gasteiger partial charge in [-0.15, -0.1) is 0 Å². The van der Waals surface area contributed by atoms with E-state index in [4.69, 9.17) is 0 Å². The Hall–Kier alpha value is -2.22. The van der Waals surface area contributed by atoms with Gasteiger partial charge in [0.25, 0.3) is 0 Å². The minimum Gasteiger partial charge on any atom is -0.325 e. The number of anilines is 1. The van der Waals surface area contributed by atoms with Crippen molar-refractivity contribution in [3.05, 3.63) is 59.7 Å². The third kappa shape index (κ3) is 4.43. The van der Waals surface area contributed by atoms with Crippen LogP contribution in [0, 0.1) is 0 Å². The molecule has 1 aliphatic carbocycles. The summed E-state index contributed by atoms with van der Waals surface area (Å²) in [5, 5.41) is 6.24. The lowest BCUT2D eigenvalue weighted by Crippen LogP contribution is -2.41. The van der Waals surface area contributed by atoms with Crippen LogP contribution in [0.1, 0.15) is 36.9 Å². The van der Waals surface area contributed by atoms with Crippen molar-refractivity contribution >= 4 is 21.6 Å². The minimum absolute atomic E-state index is 0.145. The Balaban J connectivity index is 1.69. The Bertz CT molecular complexity index is 957. The maximum atomic E-state index is 12.7. The van der Waals surface area contributed by atoms with E-state index < -0.39 is 16.1 Å². The van der Waals surface area contributed by atoms with Crippen LogP contribution < -0.4 is 10.6 Å². The molecule has 2 atom stereocenters. The molecule has 0 heterocycles. The lowest BCUT2D eigenvalue weighted by atomic mass is 9.87. The molecule has 0 radical (unpaired) electrons. The van der Waals surface area contributed by atoms with Gasteiger partial charge in [0.05, 0.1) is 10.9 Å². The average molecular weight is 402 g/mol. The maximum absolute atomic E-state index is 12.7. The van der Waals surface area contributed by atoms with Crippen molar-refractivity contribution in [3.63, 3.8) is 0 Å². The SMILES string of the molecule is C[C@H](N[C@H]1CCCc2ccccc21)C(=O)Nc1cccc(S(=O)(=O)N(C)C)c1. The predicted molar refractivity (Wildman–Crippen MR) is 111 cm³/mol. The molecule has 0 fully saturated rings.